The molecule has 2 aromatic rings. The molecule has 0 N–H and O–H groups in total. The highest BCUT2D eigenvalue weighted by Gasteiger charge is 2.33. The van der Waals surface area contributed by atoms with Gasteiger partial charge in [0.1, 0.15) is 11.5 Å². The largest absolute Gasteiger partial charge is 0.461 e. The van der Waals surface area contributed by atoms with Crippen molar-refractivity contribution in [3.8, 4) is 0 Å². The van der Waals surface area contributed by atoms with E-state index in [-0.39, 0.29) is 16.9 Å². The first-order valence-corrected chi connectivity index (χ1v) is 10.8. The predicted octanol–water partition coefficient (Wildman–Crippen LogP) is 5.73. The predicted molar refractivity (Wildman–Crippen MR) is 112 cm³/mol. The molecule has 4 nitrogen and oxygen atoms in total. The third-order valence-electron chi connectivity index (χ3n) is 6.17. The number of rotatable bonds is 4. The number of fused-ring (bicyclic) bond motifs is 1. The van der Waals surface area contributed by atoms with E-state index in [2.05, 4.69) is 9.88 Å². The van der Waals surface area contributed by atoms with Crippen LogP contribution >= 0.6 is 11.6 Å². The molecule has 0 saturated heterocycles. The van der Waals surface area contributed by atoms with Crippen molar-refractivity contribution in [2.45, 2.75) is 51.5 Å². The Labute approximate surface area is 176 Å². The van der Waals surface area contributed by atoms with Gasteiger partial charge in [0.2, 0.25) is 0 Å². The summed E-state index contributed by atoms with van der Waals surface area (Å²) in [5.41, 5.74) is 3.49. The zero-order chi connectivity index (χ0) is 20.4. The Balaban J connectivity index is 1.70. The van der Waals surface area contributed by atoms with Crippen LogP contribution in [0.2, 0.25) is 5.02 Å². The lowest BCUT2D eigenvalue weighted by atomic mass is 9.74. The molecular formula is C23H26ClFN2O2. The van der Waals surface area contributed by atoms with E-state index in [4.69, 9.17) is 16.3 Å². The molecule has 0 bridgehead atoms. The van der Waals surface area contributed by atoms with Gasteiger partial charge in [0.25, 0.3) is 0 Å². The summed E-state index contributed by atoms with van der Waals surface area (Å²) in [5, 5.41) is 0.135. The molecule has 1 aliphatic heterocycles. The van der Waals surface area contributed by atoms with E-state index in [0.717, 1.165) is 17.8 Å². The molecular weight excluding hydrogens is 391 g/mol. The summed E-state index contributed by atoms with van der Waals surface area (Å²) in [6.45, 7) is 3.56. The van der Waals surface area contributed by atoms with Gasteiger partial charge >= 0.3 is 5.97 Å². The van der Waals surface area contributed by atoms with Gasteiger partial charge in [-0.1, -0.05) is 30.9 Å². The van der Waals surface area contributed by atoms with Crippen molar-refractivity contribution in [1.29, 1.82) is 0 Å². The second-order valence-corrected chi connectivity index (χ2v) is 8.38. The van der Waals surface area contributed by atoms with Crippen molar-refractivity contribution in [3.63, 3.8) is 0 Å². The van der Waals surface area contributed by atoms with Crippen LogP contribution in [0.5, 0.6) is 0 Å². The van der Waals surface area contributed by atoms with Gasteiger partial charge in [-0.2, -0.15) is 0 Å². The van der Waals surface area contributed by atoms with Crippen molar-refractivity contribution in [3.05, 3.63) is 58.1 Å². The Kier molecular flexibility index (Phi) is 6.04. The summed E-state index contributed by atoms with van der Waals surface area (Å²) < 4.78 is 19.2. The quantitative estimate of drug-likeness (QED) is 0.596. The first kappa shape index (κ1) is 20.1. The highest BCUT2D eigenvalue weighted by atomic mass is 35.5. The number of aromatic nitrogens is 1. The minimum Gasteiger partial charge on any atom is -0.461 e. The van der Waals surface area contributed by atoms with Crippen LogP contribution in [0.4, 0.5) is 10.1 Å². The van der Waals surface area contributed by atoms with Crippen molar-refractivity contribution in [1.82, 2.24) is 4.98 Å². The molecule has 154 valence electrons. The monoisotopic (exact) mass is 416 g/mol. The Morgan fingerprint density at radius 1 is 1.28 bits per heavy atom. The summed E-state index contributed by atoms with van der Waals surface area (Å²) in [4.78, 5) is 18.8. The summed E-state index contributed by atoms with van der Waals surface area (Å²) in [5.74, 6) is 0.0636. The molecule has 4 rings (SSSR count). The van der Waals surface area contributed by atoms with Crippen LogP contribution in [-0.4, -0.2) is 24.1 Å². The standard InChI is InChI=1S/C23H26ClFN2O2/c1-2-29-23(28)22-11-18-16(12-26-22)13-27(17-8-9-20(24)21(25)10-17)14-19(18)15-6-4-3-5-7-15/h8-12,15,19H,2-7,13-14H2,1H3. The van der Waals surface area contributed by atoms with Gasteiger partial charge in [0.05, 0.1) is 11.6 Å². The number of ether oxygens (including phenoxy) is 1. The molecule has 1 unspecified atom stereocenters. The number of anilines is 1. The number of benzene rings is 1. The molecule has 0 amide bonds. The maximum Gasteiger partial charge on any atom is 0.356 e. The molecule has 1 fully saturated rings. The van der Waals surface area contributed by atoms with Crippen LogP contribution < -0.4 is 4.90 Å². The van der Waals surface area contributed by atoms with E-state index in [1.807, 2.05) is 12.1 Å². The van der Waals surface area contributed by atoms with Crippen LogP contribution in [-0.2, 0) is 11.3 Å². The van der Waals surface area contributed by atoms with Gasteiger partial charge in [-0.05, 0) is 61.1 Å². The average Bonchev–Trinajstić information content (AvgIpc) is 2.75. The number of hydrogen-bond acceptors (Lipinski definition) is 4. The summed E-state index contributed by atoms with van der Waals surface area (Å²) in [6.07, 6.45) is 7.92. The first-order valence-electron chi connectivity index (χ1n) is 10.4. The molecule has 1 aliphatic carbocycles. The number of nitrogens with zero attached hydrogens (tertiary/aromatic N) is 2. The fourth-order valence-electron chi connectivity index (χ4n) is 4.72. The number of halogens is 2. The minimum absolute atomic E-state index is 0.135. The van der Waals surface area contributed by atoms with Gasteiger partial charge in [-0.3, -0.25) is 0 Å². The molecule has 29 heavy (non-hydrogen) atoms. The fourth-order valence-corrected chi connectivity index (χ4v) is 4.83. The first-order chi connectivity index (χ1) is 14.1. The molecule has 0 spiro atoms. The van der Waals surface area contributed by atoms with E-state index >= 15 is 0 Å². The minimum atomic E-state index is -0.403. The van der Waals surface area contributed by atoms with Crippen molar-refractivity contribution < 1.29 is 13.9 Å². The molecule has 1 atom stereocenters. The number of esters is 1. The van der Waals surface area contributed by atoms with Crippen LogP contribution in [0.3, 0.4) is 0 Å². The molecule has 0 radical (unpaired) electrons. The number of pyridine rings is 1. The van der Waals surface area contributed by atoms with Crippen molar-refractivity contribution >= 4 is 23.3 Å². The van der Waals surface area contributed by atoms with Gasteiger partial charge < -0.3 is 9.64 Å². The lowest BCUT2D eigenvalue weighted by molar-refractivity contribution is 0.0519. The van der Waals surface area contributed by atoms with Gasteiger partial charge in [0.15, 0.2) is 0 Å². The molecule has 2 aliphatic rings. The van der Waals surface area contributed by atoms with Gasteiger partial charge in [-0.15, -0.1) is 0 Å². The zero-order valence-electron chi connectivity index (χ0n) is 16.7. The summed E-state index contributed by atoms with van der Waals surface area (Å²) >= 11 is 5.88. The molecule has 2 heterocycles. The number of carbonyl (C=O) groups is 1. The maximum absolute atomic E-state index is 14.1. The van der Waals surface area contributed by atoms with Crippen LogP contribution in [0.1, 0.15) is 66.6 Å². The van der Waals surface area contributed by atoms with E-state index in [0.29, 0.717) is 24.8 Å². The average molecular weight is 417 g/mol. The van der Waals surface area contributed by atoms with E-state index in [1.165, 1.54) is 43.7 Å². The molecule has 6 heteroatoms. The number of hydrogen-bond donors (Lipinski definition) is 0. The molecule has 1 aromatic carbocycles. The van der Waals surface area contributed by atoms with Crippen molar-refractivity contribution in [2.75, 3.05) is 18.1 Å². The fraction of sp³-hybridized carbons (Fsp3) is 0.478. The normalized spacial score (nSPS) is 19.7. The topological polar surface area (TPSA) is 42.4 Å². The lowest BCUT2D eigenvalue weighted by Gasteiger charge is -2.41. The third-order valence-corrected chi connectivity index (χ3v) is 6.48. The Bertz CT molecular complexity index is 898. The zero-order valence-corrected chi connectivity index (χ0v) is 17.4. The van der Waals surface area contributed by atoms with Crippen molar-refractivity contribution in [2.24, 2.45) is 5.92 Å². The number of carbonyl (C=O) groups excluding carboxylic acids is 1. The molecule has 1 saturated carbocycles. The highest BCUT2D eigenvalue weighted by molar-refractivity contribution is 6.30. The smallest absolute Gasteiger partial charge is 0.356 e. The lowest BCUT2D eigenvalue weighted by Crippen LogP contribution is -2.37. The van der Waals surface area contributed by atoms with Crippen LogP contribution in [0, 0.1) is 11.7 Å². The summed E-state index contributed by atoms with van der Waals surface area (Å²) in [7, 11) is 0. The van der Waals surface area contributed by atoms with E-state index in [1.54, 1.807) is 19.2 Å². The Morgan fingerprint density at radius 3 is 2.79 bits per heavy atom. The third kappa shape index (κ3) is 4.25. The van der Waals surface area contributed by atoms with E-state index in [9.17, 15) is 9.18 Å². The maximum atomic E-state index is 14.1. The highest BCUT2D eigenvalue weighted by Crippen LogP contribution is 2.42. The Hall–Kier alpha value is -2.14. The van der Waals surface area contributed by atoms with Gasteiger partial charge in [-0.25, -0.2) is 14.2 Å². The second kappa shape index (κ2) is 8.70. The molecule has 1 aromatic heterocycles. The second-order valence-electron chi connectivity index (χ2n) is 7.97. The van der Waals surface area contributed by atoms with Gasteiger partial charge in [0, 0.05) is 30.9 Å². The SMILES string of the molecule is CCOC(=O)c1cc2c(cn1)CN(c1ccc(Cl)c(F)c1)CC2C1CCCCC1. The van der Waals surface area contributed by atoms with Crippen LogP contribution in [0.25, 0.3) is 0 Å². The summed E-state index contributed by atoms with van der Waals surface area (Å²) in [6, 6.07) is 6.91. The van der Waals surface area contributed by atoms with Crippen LogP contribution in [0.15, 0.2) is 30.5 Å². The Morgan fingerprint density at radius 2 is 2.07 bits per heavy atom. The van der Waals surface area contributed by atoms with E-state index < -0.39 is 5.82 Å².